The summed E-state index contributed by atoms with van der Waals surface area (Å²) in [5.74, 6) is 2.62. The van der Waals surface area contributed by atoms with Gasteiger partial charge in [-0.2, -0.15) is 11.8 Å². The molecule has 0 aliphatic carbocycles. The average molecular weight is 268 g/mol. The third kappa shape index (κ3) is 9.10. The second-order valence-electron chi connectivity index (χ2n) is 3.04. The monoisotopic (exact) mass is 267 g/mol. The molecular weight excluding hydrogens is 246 g/mol. The molecule has 0 N–H and O–H groups in total. The van der Waals surface area contributed by atoms with Gasteiger partial charge in [-0.15, -0.1) is 0 Å². The Balaban J connectivity index is 3.05. The highest BCUT2D eigenvalue weighted by molar-refractivity contribution is 9.09. The Bertz CT molecular complexity index is 96.9. The molecule has 0 aromatic rings. The molecule has 3 heteroatoms. The highest BCUT2D eigenvalue weighted by atomic mass is 79.9. The molecule has 0 fully saturated rings. The molecular formula is C10H22BrNS. The van der Waals surface area contributed by atoms with Gasteiger partial charge in [0.25, 0.3) is 0 Å². The molecule has 1 nitrogen and oxygen atoms in total. The topological polar surface area (TPSA) is 3.24 Å². The molecule has 0 aliphatic rings. The van der Waals surface area contributed by atoms with Crippen molar-refractivity contribution in [3.63, 3.8) is 0 Å². The first-order valence-electron chi connectivity index (χ1n) is 5.21. The summed E-state index contributed by atoms with van der Waals surface area (Å²) >= 11 is 5.54. The van der Waals surface area contributed by atoms with Gasteiger partial charge in [0, 0.05) is 17.6 Å². The summed E-state index contributed by atoms with van der Waals surface area (Å²) in [7, 11) is 0. The van der Waals surface area contributed by atoms with E-state index in [1.807, 2.05) is 0 Å². The van der Waals surface area contributed by atoms with E-state index in [9.17, 15) is 0 Å². The number of halogens is 1. The van der Waals surface area contributed by atoms with Gasteiger partial charge in [0.1, 0.15) is 0 Å². The number of hydrogen-bond acceptors (Lipinski definition) is 2. The Hall–Kier alpha value is 0.790. The Labute approximate surface area is 95.8 Å². The molecule has 0 spiro atoms. The lowest BCUT2D eigenvalue weighted by Gasteiger charge is -2.17. The van der Waals surface area contributed by atoms with Crippen LogP contribution < -0.4 is 0 Å². The number of alkyl halides is 1. The minimum atomic E-state index is 1.16. The Morgan fingerprint density at radius 1 is 1.08 bits per heavy atom. The lowest BCUT2D eigenvalue weighted by atomic mass is 10.4. The standard InChI is InChI=1S/C10H22BrNS/c1-3-12(4-2)8-10-13-9-6-5-7-11/h3-10H2,1-2H3. The minimum absolute atomic E-state index is 1.16. The van der Waals surface area contributed by atoms with Crippen molar-refractivity contribution in [2.24, 2.45) is 0 Å². The summed E-state index contributed by atoms with van der Waals surface area (Å²) in [6, 6.07) is 0. The number of hydrogen-bond donors (Lipinski definition) is 0. The highest BCUT2D eigenvalue weighted by Gasteiger charge is 1.97. The van der Waals surface area contributed by atoms with Gasteiger partial charge in [0.2, 0.25) is 0 Å². The van der Waals surface area contributed by atoms with Crippen LogP contribution >= 0.6 is 27.7 Å². The van der Waals surface area contributed by atoms with Gasteiger partial charge in [-0.05, 0) is 31.7 Å². The van der Waals surface area contributed by atoms with Crippen LogP contribution in [0.2, 0.25) is 0 Å². The summed E-state index contributed by atoms with van der Waals surface area (Å²) < 4.78 is 0. The van der Waals surface area contributed by atoms with Crippen LogP contribution in [0.15, 0.2) is 0 Å². The van der Waals surface area contributed by atoms with Gasteiger partial charge < -0.3 is 4.90 Å². The maximum Gasteiger partial charge on any atom is 0.00721 e. The molecule has 0 unspecified atom stereocenters. The number of rotatable bonds is 9. The Morgan fingerprint density at radius 3 is 2.31 bits per heavy atom. The van der Waals surface area contributed by atoms with E-state index in [1.54, 1.807) is 0 Å². The van der Waals surface area contributed by atoms with Gasteiger partial charge >= 0.3 is 0 Å². The predicted molar refractivity (Wildman–Crippen MR) is 68.1 cm³/mol. The lowest BCUT2D eigenvalue weighted by molar-refractivity contribution is 0.324. The zero-order chi connectivity index (χ0) is 9.94. The third-order valence-electron chi connectivity index (χ3n) is 2.12. The van der Waals surface area contributed by atoms with Crippen molar-refractivity contribution < 1.29 is 0 Å². The second kappa shape index (κ2) is 10.9. The minimum Gasteiger partial charge on any atom is -0.303 e. The van der Waals surface area contributed by atoms with E-state index in [4.69, 9.17) is 0 Å². The number of unbranched alkanes of at least 4 members (excludes halogenated alkanes) is 1. The van der Waals surface area contributed by atoms with Crippen molar-refractivity contribution in [2.45, 2.75) is 26.7 Å². The number of nitrogens with zero attached hydrogens (tertiary/aromatic N) is 1. The van der Waals surface area contributed by atoms with E-state index in [0.29, 0.717) is 0 Å². The quantitative estimate of drug-likeness (QED) is 0.466. The molecule has 0 aromatic carbocycles. The van der Waals surface area contributed by atoms with E-state index >= 15 is 0 Å². The van der Waals surface area contributed by atoms with Crippen molar-refractivity contribution in [3.8, 4) is 0 Å². The first kappa shape index (κ1) is 13.8. The van der Waals surface area contributed by atoms with Gasteiger partial charge in [-0.1, -0.05) is 29.8 Å². The molecule has 0 amide bonds. The zero-order valence-electron chi connectivity index (χ0n) is 8.89. The van der Waals surface area contributed by atoms with Crippen LogP contribution in [0.25, 0.3) is 0 Å². The van der Waals surface area contributed by atoms with Gasteiger partial charge in [0.05, 0.1) is 0 Å². The maximum atomic E-state index is 3.45. The lowest BCUT2D eigenvalue weighted by Crippen LogP contribution is -2.25. The van der Waals surface area contributed by atoms with Crippen molar-refractivity contribution in [1.82, 2.24) is 4.90 Å². The summed E-state index contributed by atoms with van der Waals surface area (Å²) in [5, 5.41) is 1.16. The highest BCUT2D eigenvalue weighted by Crippen LogP contribution is 2.06. The second-order valence-corrected chi connectivity index (χ2v) is 5.05. The fraction of sp³-hybridized carbons (Fsp3) is 1.00. The van der Waals surface area contributed by atoms with Crippen molar-refractivity contribution >= 4 is 27.7 Å². The van der Waals surface area contributed by atoms with Crippen LogP contribution in [0.4, 0.5) is 0 Å². The summed E-state index contributed by atoms with van der Waals surface area (Å²) in [6.07, 6.45) is 2.67. The van der Waals surface area contributed by atoms with E-state index in [2.05, 4.69) is 46.4 Å². The van der Waals surface area contributed by atoms with Crippen LogP contribution in [0.3, 0.4) is 0 Å². The molecule has 0 heterocycles. The zero-order valence-corrected chi connectivity index (χ0v) is 11.3. The fourth-order valence-corrected chi connectivity index (χ4v) is 2.53. The molecule has 13 heavy (non-hydrogen) atoms. The van der Waals surface area contributed by atoms with Gasteiger partial charge in [-0.3, -0.25) is 0 Å². The fourth-order valence-electron chi connectivity index (χ4n) is 1.13. The van der Waals surface area contributed by atoms with Crippen LogP contribution in [0.1, 0.15) is 26.7 Å². The Morgan fingerprint density at radius 2 is 1.77 bits per heavy atom. The molecule has 0 radical (unpaired) electrons. The predicted octanol–water partition coefficient (Wildman–Crippen LogP) is 3.24. The summed E-state index contributed by atoms with van der Waals surface area (Å²) in [5.41, 5.74) is 0. The van der Waals surface area contributed by atoms with Crippen LogP contribution in [0, 0.1) is 0 Å². The van der Waals surface area contributed by atoms with Crippen molar-refractivity contribution in [3.05, 3.63) is 0 Å². The summed E-state index contributed by atoms with van der Waals surface area (Å²) in [4.78, 5) is 2.48. The molecule has 0 saturated heterocycles. The Kier molecular flexibility index (Phi) is 11.5. The molecule has 0 saturated carbocycles. The third-order valence-corrected chi connectivity index (χ3v) is 3.73. The largest absolute Gasteiger partial charge is 0.303 e. The normalized spacial score (nSPS) is 11.1. The van der Waals surface area contributed by atoms with Gasteiger partial charge in [-0.25, -0.2) is 0 Å². The number of thioether (sulfide) groups is 1. The van der Waals surface area contributed by atoms with Crippen molar-refractivity contribution in [1.29, 1.82) is 0 Å². The van der Waals surface area contributed by atoms with Crippen LogP contribution in [-0.2, 0) is 0 Å². The summed E-state index contributed by atoms with van der Waals surface area (Å²) in [6.45, 7) is 8.11. The molecule has 0 aromatic heterocycles. The van der Waals surface area contributed by atoms with E-state index in [1.165, 1.54) is 44.0 Å². The molecule has 0 aliphatic heterocycles. The SMILES string of the molecule is CCN(CC)CCSCCCCBr. The molecule has 0 bridgehead atoms. The molecule has 0 rings (SSSR count). The van der Waals surface area contributed by atoms with Gasteiger partial charge in [0.15, 0.2) is 0 Å². The van der Waals surface area contributed by atoms with Crippen LogP contribution in [0.5, 0.6) is 0 Å². The van der Waals surface area contributed by atoms with E-state index in [0.717, 1.165) is 5.33 Å². The van der Waals surface area contributed by atoms with E-state index < -0.39 is 0 Å². The first-order valence-corrected chi connectivity index (χ1v) is 7.48. The van der Waals surface area contributed by atoms with Crippen LogP contribution in [-0.4, -0.2) is 41.4 Å². The smallest absolute Gasteiger partial charge is 0.00721 e. The maximum absolute atomic E-state index is 3.45. The molecule has 80 valence electrons. The first-order chi connectivity index (χ1) is 6.35. The molecule has 0 atom stereocenters. The van der Waals surface area contributed by atoms with E-state index in [-0.39, 0.29) is 0 Å². The average Bonchev–Trinajstić information content (AvgIpc) is 2.17. The van der Waals surface area contributed by atoms with Crippen molar-refractivity contribution in [2.75, 3.05) is 36.5 Å².